The molecule has 2 rings (SSSR count). The molecular weight excluding hydrogens is 449 g/mol. The van der Waals surface area contributed by atoms with Crippen LogP contribution in [-0.2, 0) is 4.79 Å². The summed E-state index contributed by atoms with van der Waals surface area (Å²) in [6.07, 6.45) is 0. The number of amides is 1. The molecule has 0 saturated carbocycles. The molecule has 1 amide bonds. The Hall–Kier alpha value is -2.29. The van der Waals surface area contributed by atoms with Gasteiger partial charge in [0.25, 0.3) is 0 Å². The molecule has 25 heavy (non-hydrogen) atoms. The Kier molecular flexibility index (Phi) is 6.24. The van der Waals surface area contributed by atoms with Crippen molar-refractivity contribution in [2.45, 2.75) is 18.2 Å². The van der Waals surface area contributed by atoms with Crippen molar-refractivity contribution in [3.05, 3.63) is 62.9 Å². The van der Waals surface area contributed by atoms with E-state index in [1.54, 1.807) is 12.1 Å². The van der Waals surface area contributed by atoms with Gasteiger partial charge in [-0.25, -0.2) is 0 Å². The molecule has 0 radical (unpaired) electrons. The first-order valence-corrected chi connectivity index (χ1v) is 9.72. The molecule has 0 heterocycles. The number of azide groups is 1. The molecule has 0 saturated heterocycles. The van der Waals surface area contributed by atoms with Crippen LogP contribution in [0.1, 0.15) is 19.4 Å². The first-order chi connectivity index (χ1) is 11.9. The van der Waals surface area contributed by atoms with Gasteiger partial charge in [0.15, 0.2) is 0 Å². The van der Waals surface area contributed by atoms with Gasteiger partial charge in [0.2, 0.25) is 0 Å². The first kappa shape index (κ1) is 19.0. The predicted molar refractivity (Wildman–Crippen MR) is 102 cm³/mol. The van der Waals surface area contributed by atoms with Crippen molar-refractivity contribution in [1.82, 2.24) is 0 Å². The summed E-state index contributed by atoms with van der Waals surface area (Å²) in [5.74, 6) is -0.190. The van der Waals surface area contributed by atoms with Gasteiger partial charge in [-0.3, -0.25) is 0 Å². The minimum absolute atomic E-state index is 0.104. The third kappa shape index (κ3) is 4.85. The van der Waals surface area contributed by atoms with Crippen LogP contribution in [0.25, 0.3) is 10.4 Å². The van der Waals surface area contributed by atoms with Crippen molar-refractivity contribution in [3.8, 4) is 6.07 Å². The Morgan fingerprint density at radius 1 is 1.32 bits per heavy atom. The molecule has 0 aliphatic carbocycles. The van der Waals surface area contributed by atoms with Gasteiger partial charge in [-0.15, -0.1) is 0 Å². The molecule has 0 spiro atoms. The van der Waals surface area contributed by atoms with Crippen LogP contribution in [0.15, 0.2) is 52.1 Å². The van der Waals surface area contributed by atoms with Gasteiger partial charge >= 0.3 is 160 Å². The van der Waals surface area contributed by atoms with Gasteiger partial charge < -0.3 is 0 Å². The number of rotatable bonds is 5. The second kappa shape index (κ2) is 8.19. The van der Waals surface area contributed by atoms with Crippen molar-refractivity contribution in [2.75, 3.05) is 5.32 Å². The molecule has 0 atom stereocenters. The summed E-state index contributed by atoms with van der Waals surface area (Å²) >= 11 is 3.29. The van der Waals surface area contributed by atoms with E-state index in [2.05, 4.69) is 31.3 Å². The van der Waals surface area contributed by atoms with E-state index in [1.165, 1.54) is 6.07 Å². The van der Waals surface area contributed by atoms with E-state index in [9.17, 15) is 10.1 Å². The SMILES string of the molecule is CC(C)([Se]c1ccc(Br)cc1)C(=O)Nc1cccc(N=[N+]=[N-])c1C#N. The van der Waals surface area contributed by atoms with Crippen LogP contribution in [0.5, 0.6) is 0 Å². The third-order valence-corrected chi connectivity index (χ3v) is 6.34. The predicted octanol–water partition coefficient (Wildman–Crippen LogP) is 4.43. The maximum atomic E-state index is 12.7. The number of nitrogens with one attached hydrogen (secondary N) is 1. The molecule has 0 aromatic heterocycles. The summed E-state index contributed by atoms with van der Waals surface area (Å²) in [5, 5.41) is 15.6. The number of benzene rings is 2. The normalized spacial score (nSPS) is 10.5. The number of anilines is 1. The van der Waals surface area contributed by atoms with Crippen LogP contribution in [0.4, 0.5) is 11.4 Å². The number of halogens is 1. The number of nitrogens with zero attached hydrogens (tertiary/aromatic N) is 4. The number of carbonyl (C=O) groups is 1. The first-order valence-electron chi connectivity index (χ1n) is 7.21. The van der Waals surface area contributed by atoms with Crippen molar-refractivity contribution in [1.29, 1.82) is 5.26 Å². The summed E-state index contributed by atoms with van der Waals surface area (Å²) in [7, 11) is 0. The monoisotopic (exact) mass is 463 g/mol. The van der Waals surface area contributed by atoms with Gasteiger partial charge in [0.1, 0.15) is 0 Å². The zero-order valence-electron chi connectivity index (χ0n) is 13.5. The van der Waals surface area contributed by atoms with Crippen molar-refractivity contribution < 1.29 is 4.79 Å². The van der Waals surface area contributed by atoms with Crippen molar-refractivity contribution >= 4 is 52.6 Å². The second-order valence-electron chi connectivity index (χ2n) is 5.52. The molecule has 0 fully saturated rings. The topological polar surface area (TPSA) is 102 Å². The van der Waals surface area contributed by atoms with Crippen LogP contribution >= 0.6 is 15.9 Å². The average molecular weight is 463 g/mol. The fourth-order valence-corrected chi connectivity index (χ4v) is 4.38. The summed E-state index contributed by atoms with van der Waals surface area (Å²) in [5.41, 5.74) is 9.28. The number of nitriles is 1. The standard InChI is InChI=1S/C17H14BrN5OSe/c1-17(2,25-12-8-6-11(18)7-9-12)16(24)21-14-4-3-5-15(22-23-20)13(14)10-19/h3-9H,1-2H3,(H,21,24). The second-order valence-corrected chi connectivity index (χ2v) is 10.00. The van der Waals surface area contributed by atoms with Crippen LogP contribution in [-0.4, -0.2) is 20.9 Å². The summed E-state index contributed by atoms with van der Waals surface area (Å²) in [6, 6.07) is 14.6. The van der Waals surface area contributed by atoms with E-state index in [0.29, 0.717) is 5.69 Å². The molecule has 0 aliphatic rings. The summed E-state index contributed by atoms with van der Waals surface area (Å²) < 4.78 is 1.46. The fraction of sp³-hybridized carbons (Fsp3) is 0.176. The molecule has 1 N–H and O–H groups in total. The van der Waals surface area contributed by atoms with Crippen molar-refractivity contribution in [3.63, 3.8) is 0 Å². The fourth-order valence-electron chi connectivity index (χ4n) is 2.01. The molecule has 0 bridgehead atoms. The molecule has 126 valence electrons. The van der Waals surface area contributed by atoms with Crippen LogP contribution < -0.4 is 9.78 Å². The molecule has 6 nitrogen and oxygen atoms in total. The Morgan fingerprint density at radius 3 is 2.60 bits per heavy atom. The van der Waals surface area contributed by atoms with E-state index in [4.69, 9.17) is 5.53 Å². The Morgan fingerprint density at radius 2 is 2.00 bits per heavy atom. The average Bonchev–Trinajstić information content (AvgIpc) is 2.57. The van der Waals surface area contributed by atoms with Crippen LogP contribution in [0.2, 0.25) is 4.31 Å². The van der Waals surface area contributed by atoms with E-state index in [0.717, 1.165) is 8.93 Å². The molecule has 8 heteroatoms. The van der Waals surface area contributed by atoms with E-state index >= 15 is 0 Å². The zero-order chi connectivity index (χ0) is 18.4. The quantitative estimate of drug-likeness (QED) is 0.307. The maximum absolute atomic E-state index is 12.7. The number of hydrogen-bond acceptors (Lipinski definition) is 3. The van der Waals surface area contributed by atoms with E-state index in [-0.39, 0.29) is 32.1 Å². The van der Waals surface area contributed by atoms with Crippen molar-refractivity contribution in [2.24, 2.45) is 5.11 Å². The molecule has 2 aromatic rings. The molecular formula is C17H14BrN5OSe. The molecule has 0 aliphatic heterocycles. The zero-order valence-corrected chi connectivity index (χ0v) is 16.8. The minimum atomic E-state index is -0.623. The van der Waals surface area contributed by atoms with Gasteiger partial charge in [-0.1, -0.05) is 0 Å². The van der Waals surface area contributed by atoms with Gasteiger partial charge in [0.05, 0.1) is 0 Å². The van der Waals surface area contributed by atoms with Gasteiger partial charge in [-0.2, -0.15) is 0 Å². The van der Waals surface area contributed by atoms with Crippen LogP contribution in [0.3, 0.4) is 0 Å². The van der Waals surface area contributed by atoms with Gasteiger partial charge in [-0.05, 0) is 0 Å². The molecule has 2 aromatic carbocycles. The summed E-state index contributed by atoms with van der Waals surface area (Å²) in [6.45, 7) is 3.74. The van der Waals surface area contributed by atoms with Crippen LogP contribution in [0, 0.1) is 11.3 Å². The van der Waals surface area contributed by atoms with E-state index in [1.807, 2.05) is 44.2 Å². The van der Waals surface area contributed by atoms with Gasteiger partial charge in [0, 0.05) is 0 Å². The third-order valence-electron chi connectivity index (χ3n) is 3.29. The Bertz CT molecular complexity index is 883. The Labute approximate surface area is 160 Å². The molecule has 0 unspecified atom stereocenters. The number of hydrogen-bond donors (Lipinski definition) is 1. The Balaban J connectivity index is 2.23. The summed E-state index contributed by atoms with van der Waals surface area (Å²) in [4.78, 5) is 15.4. The van der Waals surface area contributed by atoms with E-state index < -0.39 is 4.31 Å². The number of carbonyl (C=O) groups excluding carboxylic acids is 1.